The Labute approximate surface area is 215 Å². The monoisotopic (exact) mass is 523 g/mol. The number of rotatable bonds is 5. The van der Waals surface area contributed by atoms with Crippen LogP contribution in [0.4, 0.5) is 15.3 Å². The number of amides is 2. The number of nitrogens with zero attached hydrogens (tertiary/aromatic N) is 1. The molecule has 0 saturated heterocycles. The number of aromatic carboxylic acids is 1. The number of ether oxygens (including phenoxy) is 2. The molecule has 0 aliphatic heterocycles. The van der Waals surface area contributed by atoms with Crippen LogP contribution in [-0.4, -0.2) is 50.6 Å². The van der Waals surface area contributed by atoms with Gasteiger partial charge in [-0.15, -0.1) is 0 Å². The third kappa shape index (κ3) is 7.09. The second-order valence-electron chi connectivity index (χ2n) is 11.6. The van der Waals surface area contributed by atoms with Crippen molar-refractivity contribution in [3.63, 3.8) is 0 Å². The van der Waals surface area contributed by atoms with Crippen LogP contribution in [0.15, 0.2) is 18.2 Å². The lowest BCUT2D eigenvalue weighted by atomic mass is 9.62. The van der Waals surface area contributed by atoms with Crippen molar-refractivity contribution in [3.05, 3.63) is 39.4 Å². The molecule has 206 valence electrons. The summed E-state index contributed by atoms with van der Waals surface area (Å²) in [5.74, 6) is -1.18. The normalized spacial score (nSPS) is 22.2. The molecule has 5 N–H and O–H groups in total. The number of carboxylic acids is 1. The molecular formula is C25H37N3O9. The number of nitro benzene ring substituents is 1. The lowest BCUT2D eigenvalue weighted by molar-refractivity contribution is -0.386. The Balaban J connectivity index is 0.000000312. The van der Waals surface area contributed by atoms with Crippen molar-refractivity contribution < 1.29 is 39.0 Å². The highest BCUT2D eigenvalue weighted by molar-refractivity contribution is 5.88. The molecule has 0 heterocycles. The number of hydrogen-bond donors (Lipinski definition) is 4. The molecule has 12 nitrogen and oxygen atoms in total. The standard InChI is InChI=1S/C16H20N2O6.C9H17NO3/c1-15(2,3)24-14(21)17-16(7-4-8-16)11-9-10(13(19)20)5-6-12(11)18(22)23;1-8(2,3)9(13-7(10)12)4-6(11)5-9/h5-6,9H,4,7-8H2,1-3H3,(H,17,21)(H,19,20);6,11H,4-5H2,1-3H3,(H2,10,12)/t;6-,9-. The second kappa shape index (κ2) is 10.5. The van der Waals surface area contributed by atoms with Crippen molar-refractivity contribution in [3.8, 4) is 0 Å². The molecule has 0 bridgehead atoms. The summed E-state index contributed by atoms with van der Waals surface area (Å²) in [7, 11) is 0. The van der Waals surface area contributed by atoms with Crippen molar-refractivity contribution in [2.24, 2.45) is 11.1 Å². The maximum Gasteiger partial charge on any atom is 0.408 e. The van der Waals surface area contributed by atoms with E-state index in [4.69, 9.17) is 20.3 Å². The first-order valence-corrected chi connectivity index (χ1v) is 12.0. The summed E-state index contributed by atoms with van der Waals surface area (Å²) < 4.78 is 10.3. The third-order valence-electron chi connectivity index (χ3n) is 6.70. The predicted octanol–water partition coefficient (Wildman–Crippen LogP) is 4.22. The van der Waals surface area contributed by atoms with Crippen LogP contribution in [0.3, 0.4) is 0 Å². The van der Waals surface area contributed by atoms with Gasteiger partial charge < -0.3 is 30.7 Å². The Morgan fingerprint density at radius 2 is 1.70 bits per heavy atom. The molecule has 2 saturated carbocycles. The summed E-state index contributed by atoms with van der Waals surface area (Å²) in [6.45, 7) is 11.1. The fraction of sp³-hybridized carbons (Fsp3) is 0.640. The number of alkyl carbamates (subject to hydrolysis) is 1. The Morgan fingerprint density at radius 1 is 1.14 bits per heavy atom. The van der Waals surface area contributed by atoms with Gasteiger partial charge in [0, 0.05) is 24.3 Å². The predicted molar refractivity (Wildman–Crippen MR) is 133 cm³/mol. The van der Waals surface area contributed by atoms with Gasteiger partial charge in [0.1, 0.15) is 11.2 Å². The van der Waals surface area contributed by atoms with Gasteiger partial charge in [-0.2, -0.15) is 0 Å². The minimum atomic E-state index is -1.18. The molecule has 12 heteroatoms. The van der Waals surface area contributed by atoms with Crippen LogP contribution >= 0.6 is 0 Å². The Morgan fingerprint density at radius 3 is 2.05 bits per heavy atom. The minimum Gasteiger partial charge on any atom is -0.478 e. The minimum absolute atomic E-state index is 0.0622. The zero-order chi connectivity index (χ0) is 28.4. The molecule has 2 aliphatic rings. The number of hydrogen-bond acceptors (Lipinski definition) is 8. The van der Waals surface area contributed by atoms with Gasteiger partial charge in [0.25, 0.3) is 5.69 Å². The number of carbonyl (C=O) groups excluding carboxylic acids is 2. The number of nitrogens with one attached hydrogen (secondary N) is 1. The van der Waals surface area contributed by atoms with E-state index >= 15 is 0 Å². The lowest BCUT2D eigenvalue weighted by Gasteiger charge is -2.52. The van der Waals surface area contributed by atoms with Gasteiger partial charge in [-0.1, -0.05) is 20.8 Å². The molecule has 1 aromatic rings. The highest BCUT2D eigenvalue weighted by atomic mass is 16.6. The van der Waals surface area contributed by atoms with Crippen molar-refractivity contribution >= 4 is 23.8 Å². The van der Waals surface area contributed by atoms with E-state index in [9.17, 15) is 29.6 Å². The summed E-state index contributed by atoms with van der Waals surface area (Å²) in [5.41, 5.74) is 2.48. The summed E-state index contributed by atoms with van der Waals surface area (Å²) in [6, 6.07) is 3.61. The number of carboxylic acid groups (broad SMARTS) is 1. The van der Waals surface area contributed by atoms with Crippen molar-refractivity contribution in [2.75, 3.05) is 0 Å². The molecule has 0 unspecified atom stereocenters. The first-order valence-electron chi connectivity index (χ1n) is 12.0. The van der Waals surface area contributed by atoms with E-state index in [1.54, 1.807) is 20.8 Å². The zero-order valence-electron chi connectivity index (χ0n) is 22.1. The van der Waals surface area contributed by atoms with E-state index in [0.29, 0.717) is 25.7 Å². The second-order valence-corrected chi connectivity index (χ2v) is 11.6. The highest BCUT2D eigenvalue weighted by Gasteiger charge is 2.54. The molecule has 0 spiro atoms. The molecule has 2 amide bonds. The van der Waals surface area contributed by atoms with Gasteiger partial charge in [0.15, 0.2) is 0 Å². The van der Waals surface area contributed by atoms with Crippen LogP contribution < -0.4 is 11.1 Å². The van der Waals surface area contributed by atoms with Crippen LogP contribution in [0.2, 0.25) is 0 Å². The van der Waals surface area contributed by atoms with Crippen LogP contribution in [0.25, 0.3) is 0 Å². The Hall–Kier alpha value is -3.41. The zero-order valence-corrected chi connectivity index (χ0v) is 22.1. The van der Waals surface area contributed by atoms with Gasteiger partial charge in [0.2, 0.25) is 0 Å². The number of aliphatic hydroxyl groups excluding tert-OH is 1. The molecule has 0 aromatic heterocycles. The maximum atomic E-state index is 12.1. The average Bonchev–Trinajstić information content (AvgIpc) is 2.66. The summed E-state index contributed by atoms with van der Waals surface area (Å²) in [5, 5.41) is 32.4. The molecular weight excluding hydrogens is 486 g/mol. The number of nitrogens with two attached hydrogens (primary N) is 1. The molecule has 1 aromatic carbocycles. The topological polar surface area (TPSA) is 191 Å². The molecule has 2 aliphatic carbocycles. The van der Waals surface area contributed by atoms with Crippen molar-refractivity contribution in [1.82, 2.24) is 5.32 Å². The van der Waals surface area contributed by atoms with E-state index in [2.05, 4.69) is 5.32 Å². The van der Waals surface area contributed by atoms with Gasteiger partial charge in [-0.3, -0.25) is 10.1 Å². The number of carbonyl (C=O) groups is 3. The van der Waals surface area contributed by atoms with Crippen molar-refractivity contribution in [1.29, 1.82) is 0 Å². The summed E-state index contributed by atoms with van der Waals surface area (Å²) in [4.78, 5) is 44.7. The molecule has 0 radical (unpaired) electrons. The average molecular weight is 524 g/mol. The molecule has 2 fully saturated rings. The van der Waals surface area contributed by atoms with E-state index in [1.807, 2.05) is 20.8 Å². The number of aliphatic hydroxyl groups is 1. The van der Waals surface area contributed by atoms with E-state index in [-0.39, 0.29) is 28.3 Å². The van der Waals surface area contributed by atoms with Gasteiger partial charge in [0.05, 0.1) is 27.7 Å². The summed E-state index contributed by atoms with van der Waals surface area (Å²) >= 11 is 0. The largest absolute Gasteiger partial charge is 0.478 e. The van der Waals surface area contributed by atoms with E-state index in [0.717, 1.165) is 12.5 Å². The maximum absolute atomic E-state index is 12.1. The fourth-order valence-electron chi connectivity index (χ4n) is 4.45. The SMILES string of the molecule is CC(C)(C)OC(=O)NC1(c2cc(C(=O)O)ccc2[N+](=O)[O-])CCC1.CC(C)(C)[C@]1(OC(N)=O)C[C@H](O)C1. The number of primary amides is 1. The van der Waals surface area contributed by atoms with Crippen LogP contribution in [0.1, 0.15) is 89.6 Å². The third-order valence-corrected chi connectivity index (χ3v) is 6.70. The molecule has 3 rings (SSSR count). The molecule has 37 heavy (non-hydrogen) atoms. The summed E-state index contributed by atoms with van der Waals surface area (Å²) in [6.07, 6.45) is 0.896. The quantitative estimate of drug-likeness (QED) is 0.323. The smallest absolute Gasteiger partial charge is 0.408 e. The Kier molecular flexibility index (Phi) is 8.48. The van der Waals surface area contributed by atoms with Crippen LogP contribution in [0, 0.1) is 15.5 Å². The van der Waals surface area contributed by atoms with Gasteiger partial charge >= 0.3 is 18.2 Å². The van der Waals surface area contributed by atoms with E-state index in [1.165, 1.54) is 12.1 Å². The van der Waals surface area contributed by atoms with Gasteiger partial charge in [-0.05, 0) is 52.2 Å². The Bertz CT molecular complexity index is 1050. The lowest BCUT2D eigenvalue weighted by Crippen LogP contribution is -2.59. The molecule has 0 atom stereocenters. The first-order chi connectivity index (χ1) is 16.8. The first kappa shape index (κ1) is 29.8. The van der Waals surface area contributed by atoms with Crippen LogP contribution in [0.5, 0.6) is 0 Å². The van der Waals surface area contributed by atoms with E-state index < -0.39 is 39.8 Å². The van der Waals surface area contributed by atoms with Crippen LogP contribution in [-0.2, 0) is 15.0 Å². The van der Waals surface area contributed by atoms with Crippen molar-refractivity contribution in [2.45, 2.75) is 96.5 Å². The number of nitro groups is 1. The van der Waals surface area contributed by atoms with Gasteiger partial charge in [-0.25, -0.2) is 14.4 Å². The number of benzene rings is 1. The fourth-order valence-corrected chi connectivity index (χ4v) is 4.45. The highest BCUT2D eigenvalue weighted by Crippen LogP contribution is 2.49.